The number of carbonyl (C=O) groups is 1. The molecule has 1 heterocycles. The number of nitrogens with zero attached hydrogens (tertiary/aromatic N) is 1. The number of amides is 1. The summed E-state index contributed by atoms with van der Waals surface area (Å²) in [7, 11) is 0. The van der Waals surface area contributed by atoms with E-state index in [0.717, 1.165) is 31.5 Å². The first-order valence-corrected chi connectivity index (χ1v) is 8.01. The molecular weight excluding hydrogens is 284 g/mol. The maximum absolute atomic E-state index is 12.8. The minimum absolute atomic E-state index is 0.188. The zero-order chi connectivity index (χ0) is 15.6. The SMILES string of the molecule is CC(N)C1CCN(C(=O)C(C)(C)c2ccc(Cl)cc2)CC1. The molecule has 0 bridgehead atoms. The molecule has 1 saturated heterocycles. The van der Waals surface area contributed by atoms with Gasteiger partial charge in [-0.15, -0.1) is 0 Å². The third-order valence-corrected chi connectivity index (χ3v) is 4.92. The van der Waals surface area contributed by atoms with Gasteiger partial charge in [0.05, 0.1) is 5.41 Å². The summed E-state index contributed by atoms with van der Waals surface area (Å²) < 4.78 is 0. The smallest absolute Gasteiger partial charge is 0.232 e. The molecule has 1 aromatic rings. The van der Waals surface area contributed by atoms with E-state index in [-0.39, 0.29) is 11.9 Å². The highest BCUT2D eigenvalue weighted by Crippen LogP contribution is 2.29. The topological polar surface area (TPSA) is 46.3 Å². The molecule has 0 spiro atoms. The first-order chi connectivity index (χ1) is 9.82. The Morgan fingerprint density at radius 1 is 1.29 bits per heavy atom. The van der Waals surface area contributed by atoms with Crippen LogP contribution in [-0.2, 0) is 10.2 Å². The first kappa shape index (κ1) is 16.3. The molecule has 3 nitrogen and oxygen atoms in total. The average Bonchev–Trinajstić information content (AvgIpc) is 2.47. The number of benzene rings is 1. The quantitative estimate of drug-likeness (QED) is 0.932. The molecule has 1 atom stereocenters. The number of halogens is 1. The fourth-order valence-corrected chi connectivity index (χ4v) is 3.14. The average molecular weight is 309 g/mol. The second-order valence-corrected chi connectivity index (χ2v) is 7.06. The van der Waals surface area contributed by atoms with Gasteiger partial charge in [-0.05, 0) is 57.2 Å². The number of piperidine rings is 1. The van der Waals surface area contributed by atoms with Crippen LogP contribution in [0.15, 0.2) is 24.3 Å². The number of hydrogen-bond donors (Lipinski definition) is 1. The van der Waals surface area contributed by atoms with Crippen LogP contribution in [0.5, 0.6) is 0 Å². The molecule has 4 heteroatoms. The zero-order valence-electron chi connectivity index (χ0n) is 13.1. The number of carbonyl (C=O) groups excluding carboxylic acids is 1. The van der Waals surface area contributed by atoms with Crippen molar-refractivity contribution in [2.75, 3.05) is 13.1 Å². The molecule has 1 aliphatic rings. The van der Waals surface area contributed by atoms with Gasteiger partial charge < -0.3 is 10.6 Å². The molecule has 1 aromatic carbocycles. The monoisotopic (exact) mass is 308 g/mol. The van der Waals surface area contributed by atoms with Crippen LogP contribution in [0.2, 0.25) is 5.02 Å². The summed E-state index contributed by atoms with van der Waals surface area (Å²) in [5.74, 6) is 0.723. The van der Waals surface area contributed by atoms with E-state index in [4.69, 9.17) is 17.3 Å². The lowest BCUT2D eigenvalue weighted by atomic mass is 9.82. The Bertz CT molecular complexity index is 488. The third kappa shape index (κ3) is 3.58. The van der Waals surface area contributed by atoms with Crippen LogP contribution in [0.25, 0.3) is 0 Å². The Labute approximate surface area is 132 Å². The molecule has 0 aliphatic carbocycles. The first-order valence-electron chi connectivity index (χ1n) is 7.63. The van der Waals surface area contributed by atoms with Crippen molar-refractivity contribution in [3.63, 3.8) is 0 Å². The van der Waals surface area contributed by atoms with Crippen molar-refractivity contribution in [1.29, 1.82) is 0 Å². The van der Waals surface area contributed by atoms with Gasteiger partial charge in [0, 0.05) is 24.2 Å². The van der Waals surface area contributed by atoms with Crippen molar-refractivity contribution in [1.82, 2.24) is 4.90 Å². The second kappa shape index (κ2) is 6.37. The van der Waals surface area contributed by atoms with Gasteiger partial charge in [0.2, 0.25) is 5.91 Å². The van der Waals surface area contributed by atoms with Crippen molar-refractivity contribution >= 4 is 17.5 Å². The highest BCUT2D eigenvalue weighted by atomic mass is 35.5. The van der Waals surface area contributed by atoms with E-state index >= 15 is 0 Å². The van der Waals surface area contributed by atoms with Crippen LogP contribution in [0.4, 0.5) is 0 Å². The molecule has 21 heavy (non-hydrogen) atoms. The van der Waals surface area contributed by atoms with Crippen LogP contribution in [0.1, 0.15) is 39.2 Å². The summed E-state index contributed by atoms with van der Waals surface area (Å²) in [5.41, 5.74) is 6.45. The summed E-state index contributed by atoms with van der Waals surface area (Å²) in [6.45, 7) is 7.64. The largest absolute Gasteiger partial charge is 0.342 e. The van der Waals surface area contributed by atoms with Crippen LogP contribution in [0, 0.1) is 5.92 Å². The molecule has 1 fully saturated rings. The summed E-state index contributed by atoms with van der Waals surface area (Å²) in [6, 6.07) is 7.78. The van der Waals surface area contributed by atoms with Crippen LogP contribution < -0.4 is 5.73 Å². The van der Waals surface area contributed by atoms with Crippen molar-refractivity contribution in [3.8, 4) is 0 Å². The highest BCUT2D eigenvalue weighted by molar-refractivity contribution is 6.30. The summed E-state index contributed by atoms with van der Waals surface area (Å²) in [6.07, 6.45) is 2.00. The van der Waals surface area contributed by atoms with E-state index in [0.29, 0.717) is 10.9 Å². The van der Waals surface area contributed by atoms with Crippen LogP contribution >= 0.6 is 11.6 Å². The molecule has 2 N–H and O–H groups in total. The van der Waals surface area contributed by atoms with E-state index in [2.05, 4.69) is 6.92 Å². The van der Waals surface area contributed by atoms with Gasteiger partial charge in [-0.25, -0.2) is 0 Å². The standard InChI is InChI=1S/C17H25ClN2O/c1-12(19)13-8-10-20(11-9-13)16(21)17(2,3)14-4-6-15(18)7-5-14/h4-7,12-13H,8-11,19H2,1-3H3. The van der Waals surface area contributed by atoms with E-state index < -0.39 is 5.41 Å². The zero-order valence-corrected chi connectivity index (χ0v) is 13.9. The van der Waals surface area contributed by atoms with Crippen molar-refractivity contribution in [2.45, 2.75) is 45.1 Å². The van der Waals surface area contributed by atoms with Gasteiger partial charge in [0.1, 0.15) is 0 Å². The van der Waals surface area contributed by atoms with Crippen molar-refractivity contribution in [2.24, 2.45) is 11.7 Å². The van der Waals surface area contributed by atoms with Gasteiger partial charge >= 0.3 is 0 Å². The second-order valence-electron chi connectivity index (χ2n) is 6.62. The Balaban J connectivity index is 2.07. The van der Waals surface area contributed by atoms with Crippen molar-refractivity contribution < 1.29 is 4.79 Å². The minimum atomic E-state index is -0.522. The number of nitrogens with two attached hydrogens (primary N) is 1. The predicted octanol–water partition coefficient (Wildman–Crippen LogP) is 3.20. The summed E-state index contributed by atoms with van der Waals surface area (Å²) in [5, 5.41) is 0.694. The predicted molar refractivity (Wildman–Crippen MR) is 87.4 cm³/mol. The minimum Gasteiger partial charge on any atom is -0.342 e. The molecule has 0 radical (unpaired) electrons. The molecule has 0 saturated carbocycles. The summed E-state index contributed by atoms with van der Waals surface area (Å²) >= 11 is 5.93. The number of hydrogen-bond acceptors (Lipinski definition) is 2. The molecular formula is C17H25ClN2O. The van der Waals surface area contributed by atoms with Crippen LogP contribution in [-0.4, -0.2) is 29.9 Å². The summed E-state index contributed by atoms with van der Waals surface area (Å²) in [4.78, 5) is 14.8. The van der Waals surface area contributed by atoms with E-state index in [1.165, 1.54) is 0 Å². The Morgan fingerprint density at radius 2 is 1.81 bits per heavy atom. The van der Waals surface area contributed by atoms with Gasteiger partial charge in [0.25, 0.3) is 0 Å². The van der Waals surface area contributed by atoms with Gasteiger partial charge in [-0.2, -0.15) is 0 Å². The fraction of sp³-hybridized carbons (Fsp3) is 0.588. The molecule has 2 rings (SSSR count). The van der Waals surface area contributed by atoms with E-state index in [1.54, 1.807) is 0 Å². The van der Waals surface area contributed by atoms with Gasteiger partial charge in [0.15, 0.2) is 0 Å². The molecule has 116 valence electrons. The Morgan fingerprint density at radius 3 is 2.29 bits per heavy atom. The number of likely N-dealkylation sites (tertiary alicyclic amines) is 1. The van der Waals surface area contributed by atoms with E-state index in [1.807, 2.05) is 43.0 Å². The van der Waals surface area contributed by atoms with Gasteiger partial charge in [-0.1, -0.05) is 23.7 Å². The normalized spacial score (nSPS) is 18.6. The van der Waals surface area contributed by atoms with Crippen LogP contribution in [0.3, 0.4) is 0 Å². The maximum atomic E-state index is 12.8. The molecule has 1 unspecified atom stereocenters. The van der Waals surface area contributed by atoms with Gasteiger partial charge in [-0.3, -0.25) is 4.79 Å². The highest BCUT2D eigenvalue weighted by Gasteiger charge is 2.35. The van der Waals surface area contributed by atoms with E-state index in [9.17, 15) is 4.79 Å². The lowest BCUT2D eigenvalue weighted by Gasteiger charge is -2.38. The maximum Gasteiger partial charge on any atom is 0.232 e. The van der Waals surface area contributed by atoms with Crippen molar-refractivity contribution in [3.05, 3.63) is 34.9 Å². The lowest BCUT2D eigenvalue weighted by molar-refractivity contribution is -0.137. The fourth-order valence-electron chi connectivity index (χ4n) is 3.01. The molecule has 1 aliphatic heterocycles. The lowest BCUT2D eigenvalue weighted by Crippen LogP contribution is -2.48. The Kier molecular flexibility index (Phi) is 4.95. The molecule has 0 aromatic heterocycles. The Hall–Kier alpha value is -1.06. The number of rotatable bonds is 3. The molecule has 1 amide bonds. The third-order valence-electron chi connectivity index (χ3n) is 4.67.